The first-order valence-electron chi connectivity index (χ1n) is 9.13. The largest absolute Gasteiger partial charge is 0.457 e. The summed E-state index contributed by atoms with van der Waals surface area (Å²) in [7, 11) is 0. The van der Waals surface area contributed by atoms with Crippen LogP contribution in [0, 0.1) is 0 Å². The van der Waals surface area contributed by atoms with Gasteiger partial charge in [-0.15, -0.1) is 0 Å². The number of aryl methyl sites for hydroxylation is 2. The topological polar surface area (TPSA) is 93.1 Å². The van der Waals surface area contributed by atoms with Crippen LogP contribution < -0.4 is 9.47 Å². The molecule has 0 aliphatic rings. The molecule has 0 aromatic heterocycles. The number of ketones is 2. The summed E-state index contributed by atoms with van der Waals surface area (Å²) in [4.78, 5) is 22.5. The van der Waals surface area contributed by atoms with Crippen LogP contribution in [-0.2, 0) is 22.4 Å². The SMILES string of the molecule is C=CC(=O)C(O)Oc1ccc(CCCc2ccc(OC(O)C(=O)C=C)cc2)cc1. The van der Waals surface area contributed by atoms with Crippen LogP contribution in [0.1, 0.15) is 17.5 Å². The van der Waals surface area contributed by atoms with Crippen molar-refractivity contribution >= 4 is 11.6 Å². The molecule has 0 amide bonds. The normalized spacial score (nSPS) is 12.5. The smallest absolute Gasteiger partial charge is 0.261 e. The van der Waals surface area contributed by atoms with Gasteiger partial charge in [0.2, 0.25) is 11.6 Å². The summed E-state index contributed by atoms with van der Waals surface area (Å²) in [5.74, 6) is -0.368. The number of carbonyl (C=O) groups excluding carboxylic acids is 2. The second-order valence-electron chi connectivity index (χ2n) is 6.29. The number of rotatable bonds is 12. The second kappa shape index (κ2) is 10.9. The lowest BCUT2D eigenvalue weighted by Gasteiger charge is -2.11. The van der Waals surface area contributed by atoms with E-state index in [4.69, 9.17) is 9.47 Å². The van der Waals surface area contributed by atoms with Crippen molar-refractivity contribution in [2.45, 2.75) is 31.8 Å². The van der Waals surface area contributed by atoms with Crippen molar-refractivity contribution in [1.82, 2.24) is 0 Å². The molecule has 29 heavy (non-hydrogen) atoms. The zero-order valence-electron chi connectivity index (χ0n) is 16.0. The predicted molar refractivity (Wildman–Crippen MR) is 109 cm³/mol. The van der Waals surface area contributed by atoms with Gasteiger partial charge in [-0.1, -0.05) is 37.4 Å². The third kappa shape index (κ3) is 7.03. The van der Waals surface area contributed by atoms with E-state index in [2.05, 4.69) is 13.2 Å². The monoisotopic (exact) mass is 396 g/mol. The molecule has 0 bridgehead atoms. The van der Waals surface area contributed by atoms with Crippen LogP contribution in [0.5, 0.6) is 11.5 Å². The molecule has 0 saturated heterocycles. The predicted octanol–water partition coefficient (Wildman–Crippen LogP) is 2.77. The van der Waals surface area contributed by atoms with Crippen molar-refractivity contribution in [2.24, 2.45) is 0 Å². The molecule has 2 rings (SSSR count). The lowest BCUT2D eigenvalue weighted by Crippen LogP contribution is -2.24. The molecule has 6 heteroatoms. The van der Waals surface area contributed by atoms with E-state index in [0.717, 1.165) is 42.5 Å². The van der Waals surface area contributed by atoms with Crippen molar-refractivity contribution in [3.05, 3.63) is 85.0 Å². The summed E-state index contributed by atoms with van der Waals surface area (Å²) < 4.78 is 10.3. The summed E-state index contributed by atoms with van der Waals surface area (Å²) in [6.07, 6.45) is 1.55. The molecule has 0 saturated carbocycles. The standard InChI is InChI=1S/C23H24O6/c1-3-20(24)22(26)28-18-12-8-16(9-13-18)6-5-7-17-10-14-19(15-11-17)29-23(27)21(25)4-2/h3-4,8-15,22-23,26-27H,1-2,5-7H2. The molecule has 2 aromatic carbocycles. The third-order valence-corrected chi connectivity index (χ3v) is 4.16. The lowest BCUT2D eigenvalue weighted by molar-refractivity contribution is -0.136. The van der Waals surface area contributed by atoms with E-state index in [1.54, 1.807) is 24.3 Å². The van der Waals surface area contributed by atoms with Gasteiger partial charge in [0, 0.05) is 0 Å². The first-order valence-corrected chi connectivity index (χ1v) is 9.13. The molecule has 2 unspecified atom stereocenters. The minimum atomic E-state index is -1.54. The first kappa shape index (κ1) is 22.1. The molecule has 0 aliphatic carbocycles. The molecule has 0 heterocycles. The maximum Gasteiger partial charge on any atom is 0.261 e. The van der Waals surface area contributed by atoms with Crippen LogP contribution >= 0.6 is 0 Å². The Balaban J connectivity index is 1.79. The Morgan fingerprint density at radius 3 is 1.41 bits per heavy atom. The number of hydrogen-bond acceptors (Lipinski definition) is 6. The highest BCUT2D eigenvalue weighted by molar-refractivity contribution is 5.92. The highest BCUT2D eigenvalue weighted by Gasteiger charge is 2.13. The molecule has 0 spiro atoms. The summed E-state index contributed by atoms with van der Waals surface area (Å²) in [5.41, 5.74) is 2.21. The highest BCUT2D eigenvalue weighted by Crippen LogP contribution is 2.18. The molecule has 2 aromatic rings. The minimum absolute atomic E-state index is 0.407. The molecular weight excluding hydrogens is 372 g/mol. The summed E-state index contributed by atoms with van der Waals surface area (Å²) >= 11 is 0. The van der Waals surface area contributed by atoms with E-state index in [1.165, 1.54) is 0 Å². The summed E-state index contributed by atoms with van der Waals surface area (Å²) in [6, 6.07) is 14.4. The summed E-state index contributed by atoms with van der Waals surface area (Å²) in [6.45, 7) is 6.60. The van der Waals surface area contributed by atoms with Crippen LogP contribution in [0.15, 0.2) is 73.8 Å². The lowest BCUT2D eigenvalue weighted by atomic mass is 10.0. The van der Waals surface area contributed by atoms with E-state index < -0.39 is 24.1 Å². The van der Waals surface area contributed by atoms with Crippen molar-refractivity contribution in [3.63, 3.8) is 0 Å². The second-order valence-corrected chi connectivity index (χ2v) is 6.29. The van der Waals surface area contributed by atoms with Gasteiger partial charge in [-0.2, -0.15) is 0 Å². The Kier molecular flexibility index (Phi) is 8.33. The number of ether oxygens (including phenoxy) is 2. The molecular formula is C23H24O6. The van der Waals surface area contributed by atoms with Gasteiger partial charge in [0.25, 0.3) is 12.6 Å². The number of aliphatic hydroxyl groups excluding tert-OH is 2. The maximum atomic E-state index is 11.2. The van der Waals surface area contributed by atoms with Gasteiger partial charge in [0.1, 0.15) is 11.5 Å². The third-order valence-electron chi connectivity index (χ3n) is 4.16. The van der Waals surface area contributed by atoms with Gasteiger partial charge in [-0.05, 0) is 66.8 Å². The number of aliphatic hydroxyl groups is 2. The number of hydrogen-bond donors (Lipinski definition) is 2. The van der Waals surface area contributed by atoms with Gasteiger partial charge in [0.05, 0.1) is 0 Å². The average molecular weight is 396 g/mol. The van der Waals surface area contributed by atoms with E-state index in [9.17, 15) is 19.8 Å². The van der Waals surface area contributed by atoms with Crippen LogP contribution in [0.2, 0.25) is 0 Å². The van der Waals surface area contributed by atoms with Crippen molar-refractivity contribution in [2.75, 3.05) is 0 Å². The summed E-state index contributed by atoms with van der Waals surface area (Å²) in [5, 5.41) is 19.1. The van der Waals surface area contributed by atoms with Gasteiger partial charge in [-0.25, -0.2) is 0 Å². The molecule has 2 N–H and O–H groups in total. The van der Waals surface area contributed by atoms with Crippen LogP contribution in [0.4, 0.5) is 0 Å². The fourth-order valence-corrected chi connectivity index (χ4v) is 2.54. The Morgan fingerprint density at radius 2 is 1.10 bits per heavy atom. The van der Waals surface area contributed by atoms with Gasteiger partial charge in [-0.3, -0.25) is 9.59 Å². The molecule has 2 atom stereocenters. The van der Waals surface area contributed by atoms with Gasteiger partial charge >= 0.3 is 0 Å². The number of carbonyl (C=O) groups is 2. The quantitative estimate of drug-likeness (QED) is 0.423. The van der Waals surface area contributed by atoms with Crippen molar-refractivity contribution in [1.29, 1.82) is 0 Å². The van der Waals surface area contributed by atoms with Crippen LogP contribution in [-0.4, -0.2) is 34.4 Å². The van der Waals surface area contributed by atoms with Crippen molar-refractivity contribution in [3.8, 4) is 11.5 Å². The van der Waals surface area contributed by atoms with Crippen LogP contribution in [0.3, 0.4) is 0 Å². The Hall–Kier alpha value is -3.22. The van der Waals surface area contributed by atoms with Gasteiger partial charge < -0.3 is 19.7 Å². The van der Waals surface area contributed by atoms with E-state index in [-0.39, 0.29) is 0 Å². The Bertz CT molecular complexity index is 767. The van der Waals surface area contributed by atoms with E-state index in [0.29, 0.717) is 11.5 Å². The Morgan fingerprint density at radius 1 is 0.759 bits per heavy atom. The average Bonchev–Trinajstić information content (AvgIpc) is 2.74. The fraction of sp³-hybridized carbons (Fsp3) is 0.217. The fourth-order valence-electron chi connectivity index (χ4n) is 2.54. The Labute approximate surface area is 169 Å². The molecule has 0 aliphatic heterocycles. The molecule has 152 valence electrons. The van der Waals surface area contributed by atoms with Crippen molar-refractivity contribution < 1.29 is 29.3 Å². The molecule has 6 nitrogen and oxygen atoms in total. The molecule has 0 radical (unpaired) electrons. The maximum absolute atomic E-state index is 11.2. The minimum Gasteiger partial charge on any atom is -0.457 e. The molecule has 0 fully saturated rings. The zero-order chi connectivity index (χ0) is 21.2. The van der Waals surface area contributed by atoms with E-state index in [1.807, 2.05) is 24.3 Å². The number of benzene rings is 2. The van der Waals surface area contributed by atoms with Crippen LogP contribution in [0.25, 0.3) is 0 Å². The zero-order valence-corrected chi connectivity index (χ0v) is 16.0. The highest BCUT2D eigenvalue weighted by atomic mass is 16.6. The first-order chi connectivity index (χ1) is 13.9. The van der Waals surface area contributed by atoms with Gasteiger partial charge in [0.15, 0.2) is 0 Å². The van der Waals surface area contributed by atoms with E-state index >= 15 is 0 Å².